The molecule has 0 radical (unpaired) electrons. The van der Waals surface area contributed by atoms with Crippen molar-refractivity contribution >= 4 is 11.6 Å². The molecule has 0 saturated carbocycles. The average molecular weight is 293 g/mol. The molecule has 20 heavy (non-hydrogen) atoms. The van der Waals surface area contributed by atoms with Crippen LogP contribution in [0.5, 0.6) is 0 Å². The second-order valence-electron chi connectivity index (χ2n) is 4.98. The predicted octanol–water partition coefficient (Wildman–Crippen LogP) is 3.84. The Kier molecular flexibility index (Phi) is 4.76. The van der Waals surface area contributed by atoms with Gasteiger partial charge in [0.2, 0.25) is 0 Å². The molecule has 3 N–H and O–H groups in total. The number of hydrazine groups is 1. The fourth-order valence-electron chi connectivity index (χ4n) is 2.33. The van der Waals surface area contributed by atoms with Crippen molar-refractivity contribution in [2.24, 2.45) is 5.84 Å². The number of halogens is 2. The molecular weight excluding hydrogens is 275 g/mol. The van der Waals surface area contributed by atoms with Crippen LogP contribution in [-0.2, 0) is 6.42 Å². The van der Waals surface area contributed by atoms with E-state index in [1.54, 1.807) is 12.1 Å². The van der Waals surface area contributed by atoms with E-state index in [1.807, 2.05) is 26.0 Å². The summed E-state index contributed by atoms with van der Waals surface area (Å²) in [4.78, 5) is 0. The standard InChI is InChI=1S/C16H18ClFN2/c1-10-6-7-11(2)12(8-10)16(20-19)9-13-14(17)4-3-5-15(13)18/h3-8,16,20H,9,19H2,1-2H3. The molecule has 2 aromatic rings. The minimum absolute atomic E-state index is 0.177. The molecule has 0 aliphatic carbocycles. The third-order valence-corrected chi connectivity index (χ3v) is 3.84. The van der Waals surface area contributed by atoms with Gasteiger partial charge in [-0.1, -0.05) is 41.4 Å². The van der Waals surface area contributed by atoms with E-state index < -0.39 is 0 Å². The Balaban J connectivity index is 2.36. The Labute approximate surface area is 123 Å². The van der Waals surface area contributed by atoms with Crippen LogP contribution in [0.2, 0.25) is 5.02 Å². The number of aryl methyl sites for hydroxylation is 2. The summed E-state index contributed by atoms with van der Waals surface area (Å²) in [6.45, 7) is 4.04. The van der Waals surface area contributed by atoms with E-state index in [4.69, 9.17) is 17.4 Å². The Bertz CT molecular complexity index is 593. The molecule has 0 aromatic heterocycles. The van der Waals surface area contributed by atoms with Crippen molar-refractivity contribution in [1.82, 2.24) is 5.43 Å². The van der Waals surface area contributed by atoms with Crippen molar-refractivity contribution in [3.8, 4) is 0 Å². The Morgan fingerprint density at radius 2 is 2.00 bits per heavy atom. The normalized spacial score (nSPS) is 12.4. The molecule has 2 nitrogen and oxygen atoms in total. The van der Waals surface area contributed by atoms with E-state index in [1.165, 1.54) is 6.07 Å². The largest absolute Gasteiger partial charge is 0.271 e. The monoisotopic (exact) mass is 292 g/mol. The third-order valence-electron chi connectivity index (χ3n) is 3.48. The van der Waals surface area contributed by atoms with Crippen LogP contribution in [0.25, 0.3) is 0 Å². The molecule has 0 bridgehead atoms. The molecule has 0 aliphatic rings. The highest BCUT2D eigenvalue weighted by molar-refractivity contribution is 6.31. The molecule has 0 saturated heterocycles. The Hall–Kier alpha value is -1.42. The number of benzene rings is 2. The van der Waals surface area contributed by atoms with Gasteiger partial charge < -0.3 is 0 Å². The third kappa shape index (κ3) is 3.18. The fraction of sp³-hybridized carbons (Fsp3) is 0.250. The maximum Gasteiger partial charge on any atom is 0.127 e. The Morgan fingerprint density at radius 3 is 2.65 bits per heavy atom. The van der Waals surface area contributed by atoms with Crippen molar-refractivity contribution in [3.63, 3.8) is 0 Å². The van der Waals surface area contributed by atoms with Gasteiger partial charge in [-0.2, -0.15) is 0 Å². The van der Waals surface area contributed by atoms with Gasteiger partial charge in [0.15, 0.2) is 0 Å². The first-order valence-electron chi connectivity index (χ1n) is 6.49. The first kappa shape index (κ1) is 15.0. The second-order valence-corrected chi connectivity index (χ2v) is 5.39. The van der Waals surface area contributed by atoms with Gasteiger partial charge in [-0.3, -0.25) is 11.3 Å². The van der Waals surface area contributed by atoms with Crippen molar-refractivity contribution in [2.75, 3.05) is 0 Å². The maximum absolute atomic E-state index is 13.9. The van der Waals surface area contributed by atoms with Gasteiger partial charge >= 0.3 is 0 Å². The quantitative estimate of drug-likeness (QED) is 0.664. The zero-order valence-electron chi connectivity index (χ0n) is 11.6. The van der Waals surface area contributed by atoms with Crippen molar-refractivity contribution in [3.05, 3.63) is 69.5 Å². The summed E-state index contributed by atoms with van der Waals surface area (Å²) >= 11 is 6.08. The van der Waals surface area contributed by atoms with E-state index >= 15 is 0 Å². The number of rotatable bonds is 4. The molecule has 2 aromatic carbocycles. The topological polar surface area (TPSA) is 38.0 Å². The number of nitrogens with two attached hydrogens (primary N) is 1. The lowest BCUT2D eigenvalue weighted by atomic mass is 9.94. The van der Waals surface area contributed by atoms with Gasteiger partial charge in [0, 0.05) is 10.6 Å². The minimum atomic E-state index is -0.303. The van der Waals surface area contributed by atoms with Gasteiger partial charge in [0.25, 0.3) is 0 Å². The molecular formula is C16H18ClFN2. The predicted molar refractivity (Wildman–Crippen MR) is 81.1 cm³/mol. The van der Waals surface area contributed by atoms with Crippen molar-refractivity contribution in [1.29, 1.82) is 0 Å². The summed E-state index contributed by atoms with van der Waals surface area (Å²) in [6.07, 6.45) is 0.409. The van der Waals surface area contributed by atoms with Gasteiger partial charge in [-0.25, -0.2) is 4.39 Å². The van der Waals surface area contributed by atoms with Gasteiger partial charge in [-0.05, 0) is 43.5 Å². The van der Waals surface area contributed by atoms with Crippen LogP contribution in [0.1, 0.15) is 28.3 Å². The van der Waals surface area contributed by atoms with E-state index in [0.29, 0.717) is 17.0 Å². The average Bonchev–Trinajstić information content (AvgIpc) is 2.42. The van der Waals surface area contributed by atoms with Gasteiger partial charge in [-0.15, -0.1) is 0 Å². The summed E-state index contributed by atoms with van der Waals surface area (Å²) in [5, 5.41) is 0.426. The number of hydrogen-bond acceptors (Lipinski definition) is 2. The first-order chi connectivity index (χ1) is 9.52. The highest BCUT2D eigenvalue weighted by Crippen LogP contribution is 2.27. The molecule has 0 heterocycles. The van der Waals surface area contributed by atoms with Crippen molar-refractivity contribution < 1.29 is 4.39 Å². The van der Waals surface area contributed by atoms with Crippen LogP contribution in [0.3, 0.4) is 0 Å². The lowest BCUT2D eigenvalue weighted by molar-refractivity contribution is 0.527. The van der Waals surface area contributed by atoms with Crippen LogP contribution in [0.15, 0.2) is 36.4 Å². The molecule has 1 unspecified atom stereocenters. The van der Waals surface area contributed by atoms with Crippen LogP contribution < -0.4 is 11.3 Å². The lowest BCUT2D eigenvalue weighted by Gasteiger charge is -2.20. The van der Waals surface area contributed by atoms with Crippen LogP contribution in [0, 0.1) is 19.7 Å². The van der Waals surface area contributed by atoms with Crippen molar-refractivity contribution in [2.45, 2.75) is 26.3 Å². The Morgan fingerprint density at radius 1 is 1.25 bits per heavy atom. The molecule has 4 heteroatoms. The van der Waals surface area contributed by atoms with E-state index in [-0.39, 0.29) is 11.9 Å². The van der Waals surface area contributed by atoms with Crippen LogP contribution in [0.4, 0.5) is 4.39 Å². The molecule has 0 aliphatic heterocycles. The molecule has 0 fully saturated rings. The van der Waals surface area contributed by atoms with Crippen LogP contribution in [-0.4, -0.2) is 0 Å². The molecule has 0 spiro atoms. The highest BCUT2D eigenvalue weighted by Gasteiger charge is 2.17. The number of nitrogens with one attached hydrogen (secondary N) is 1. The molecule has 0 amide bonds. The molecule has 2 rings (SSSR count). The number of hydrogen-bond donors (Lipinski definition) is 2. The zero-order valence-corrected chi connectivity index (χ0v) is 12.3. The van der Waals surface area contributed by atoms with Gasteiger partial charge in [0.1, 0.15) is 5.82 Å². The fourth-order valence-corrected chi connectivity index (χ4v) is 2.57. The van der Waals surface area contributed by atoms with Gasteiger partial charge in [0.05, 0.1) is 6.04 Å². The second kappa shape index (κ2) is 6.35. The minimum Gasteiger partial charge on any atom is -0.271 e. The summed E-state index contributed by atoms with van der Waals surface area (Å²) in [5.41, 5.74) is 6.57. The van der Waals surface area contributed by atoms with E-state index in [2.05, 4.69) is 11.5 Å². The van der Waals surface area contributed by atoms with Crippen LogP contribution >= 0.6 is 11.6 Å². The van der Waals surface area contributed by atoms with E-state index in [9.17, 15) is 4.39 Å². The summed E-state index contributed by atoms with van der Waals surface area (Å²) < 4.78 is 13.9. The highest BCUT2D eigenvalue weighted by atomic mass is 35.5. The maximum atomic E-state index is 13.9. The SMILES string of the molecule is Cc1ccc(C)c(C(Cc2c(F)cccc2Cl)NN)c1. The zero-order chi connectivity index (χ0) is 14.7. The summed E-state index contributed by atoms with van der Waals surface area (Å²) in [7, 11) is 0. The molecule has 106 valence electrons. The first-order valence-corrected chi connectivity index (χ1v) is 6.87. The summed E-state index contributed by atoms with van der Waals surface area (Å²) in [5.74, 6) is 5.35. The summed E-state index contributed by atoms with van der Waals surface area (Å²) in [6, 6.07) is 10.7. The lowest BCUT2D eigenvalue weighted by Crippen LogP contribution is -2.30. The smallest absolute Gasteiger partial charge is 0.127 e. The van der Waals surface area contributed by atoms with E-state index in [0.717, 1.165) is 16.7 Å². The molecule has 1 atom stereocenters.